The summed E-state index contributed by atoms with van der Waals surface area (Å²) in [5, 5.41) is 3.25. The number of methoxy groups -OCH3 is 1. The second kappa shape index (κ2) is 6.29. The van der Waals surface area contributed by atoms with E-state index in [2.05, 4.69) is 20.2 Å². The first-order valence-electron chi connectivity index (χ1n) is 7.35. The van der Waals surface area contributed by atoms with Crippen molar-refractivity contribution in [1.29, 1.82) is 0 Å². The molecule has 0 radical (unpaired) electrons. The Kier molecular flexibility index (Phi) is 4.22. The number of nitrogens with one attached hydrogen (secondary N) is 1. The summed E-state index contributed by atoms with van der Waals surface area (Å²) in [6.45, 7) is 1.85. The van der Waals surface area contributed by atoms with Gasteiger partial charge in [0, 0.05) is 32.3 Å². The molecule has 116 valence electrons. The molecule has 0 bridgehead atoms. The Labute approximate surface area is 130 Å². The number of anilines is 2. The van der Waals surface area contributed by atoms with Crippen LogP contribution in [-0.2, 0) is 4.74 Å². The Morgan fingerprint density at radius 3 is 2.64 bits per heavy atom. The molecule has 0 spiro atoms. The van der Waals surface area contributed by atoms with Crippen LogP contribution in [0.25, 0.3) is 0 Å². The van der Waals surface area contributed by atoms with Gasteiger partial charge in [-0.2, -0.15) is 4.98 Å². The number of likely N-dealkylation sites (N-methyl/N-ethyl adjacent to an activating group) is 1. The number of hydrogen-bond donors (Lipinski definition) is 2. The third-order valence-corrected chi connectivity index (χ3v) is 3.97. The molecule has 0 saturated carbocycles. The highest BCUT2D eigenvalue weighted by Gasteiger charge is 2.27. The van der Waals surface area contributed by atoms with E-state index in [0.29, 0.717) is 6.04 Å². The van der Waals surface area contributed by atoms with Crippen LogP contribution in [0, 0.1) is 0 Å². The predicted molar refractivity (Wildman–Crippen MR) is 86.8 cm³/mol. The van der Waals surface area contributed by atoms with Crippen molar-refractivity contribution >= 4 is 11.8 Å². The Hall–Kier alpha value is -2.18. The fourth-order valence-corrected chi connectivity index (χ4v) is 2.67. The second-order valence-corrected chi connectivity index (χ2v) is 5.43. The van der Waals surface area contributed by atoms with E-state index in [9.17, 15) is 0 Å². The minimum atomic E-state index is -0.244. The van der Waals surface area contributed by atoms with E-state index in [1.54, 1.807) is 7.11 Å². The molecule has 0 amide bonds. The van der Waals surface area contributed by atoms with Crippen LogP contribution >= 0.6 is 0 Å². The summed E-state index contributed by atoms with van der Waals surface area (Å²) in [4.78, 5) is 10.9. The lowest BCUT2D eigenvalue weighted by atomic mass is 10.1. The fraction of sp³-hybridized carbons (Fsp3) is 0.375. The van der Waals surface area contributed by atoms with Crippen molar-refractivity contribution in [2.45, 2.75) is 12.1 Å². The largest absolute Gasteiger partial charge is 0.370 e. The number of benzene rings is 1. The van der Waals surface area contributed by atoms with Crippen LogP contribution in [0.1, 0.15) is 17.4 Å². The number of rotatable bonds is 5. The lowest BCUT2D eigenvalue weighted by Gasteiger charge is -2.40. The molecule has 1 aromatic carbocycles. The van der Waals surface area contributed by atoms with Gasteiger partial charge in [0.25, 0.3) is 0 Å². The van der Waals surface area contributed by atoms with Gasteiger partial charge in [-0.05, 0) is 12.6 Å². The minimum Gasteiger partial charge on any atom is -0.370 e. The van der Waals surface area contributed by atoms with Crippen LogP contribution in [0.5, 0.6) is 0 Å². The Balaban J connectivity index is 1.88. The third-order valence-electron chi connectivity index (χ3n) is 3.97. The smallest absolute Gasteiger partial charge is 0.222 e. The zero-order valence-corrected chi connectivity index (χ0v) is 12.9. The number of ether oxygens (including phenoxy) is 1. The third kappa shape index (κ3) is 2.88. The maximum Gasteiger partial charge on any atom is 0.222 e. The summed E-state index contributed by atoms with van der Waals surface area (Å²) in [5.41, 5.74) is 7.72. The van der Waals surface area contributed by atoms with E-state index >= 15 is 0 Å². The van der Waals surface area contributed by atoms with Gasteiger partial charge in [0.1, 0.15) is 11.9 Å². The lowest BCUT2D eigenvalue weighted by Crippen LogP contribution is -2.57. The van der Waals surface area contributed by atoms with Gasteiger partial charge in [0.15, 0.2) is 0 Å². The maximum atomic E-state index is 5.89. The molecule has 1 aliphatic rings. The first kappa shape index (κ1) is 14.7. The first-order valence-corrected chi connectivity index (χ1v) is 7.35. The van der Waals surface area contributed by atoms with Crippen molar-refractivity contribution < 1.29 is 4.74 Å². The van der Waals surface area contributed by atoms with E-state index in [-0.39, 0.29) is 12.1 Å². The number of nitrogens with two attached hydrogens (primary N) is 1. The van der Waals surface area contributed by atoms with Crippen LogP contribution in [0.2, 0.25) is 0 Å². The highest BCUT2D eigenvalue weighted by molar-refractivity contribution is 5.48. The van der Waals surface area contributed by atoms with Crippen molar-refractivity contribution in [3.05, 3.63) is 47.7 Å². The summed E-state index contributed by atoms with van der Waals surface area (Å²) < 4.78 is 5.63. The molecular weight excluding hydrogens is 278 g/mol. The summed E-state index contributed by atoms with van der Waals surface area (Å²) in [7, 11) is 3.65. The Morgan fingerprint density at radius 2 is 2.00 bits per heavy atom. The maximum absolute atomic E-state index is 5.89. The molecule has 1 fully saturated rings. The monoisotopic (exact) mass is 299 g/mol. The van der Waals surface area contributed by atoms with E-state index < -0.39 is 0 Å². The topological polar surface area (TPSA) is 76.3 Å². The van der Waals surface area contributed by atoms with Gasteiger partial charge < -0.3 is 20.7 Å². The predicted octanol–water partition coefficient (Wildman–Crippen LogP) is 1.20. The standard InChI is InChI=1S/C16H21N5O/c1-18-12-9-21(10-12)14-8-13(19-16(17)20-14)15(22-2)11-6-4-3-5-7-11/h3-8,12,15,18H,9-10H2,1-2H3,(H2,17,19,20)/t15-/m0/s1. The number of nitrogens with zero attached hydrogens (tertiary/aromatic N) is 3. The van der Waals surface area contributed by atoms with Crippen LogP contribution < -0.4 is 16.0 Å². The average molecular weight is 299 g/mol. The van der Waals surface area contributed by atoms with Crippen molar-refractivity contribution in [3.8, 4) is 0 Å². The van der Waals surface area contributed by atoms with Gasteiger partial charge in [0.2, 0.25) is 5.95 Å². The molecule has 3 rings (SSSR count). The average Bonchev–Trinajstić information content (AvgIpc) is 2.48. The second-order valence-electron chi connectivity index (χ2n) is 5.43. The van der Waals surface area contributed by atoms with Crippen molar-refractivity contribution in [1.82, 2.24) is 15.3 Å². The molecule has 0 aliphatic carbocycles. The SMILES string of the molecule is CNC1CN(c2cc([C@@H](OC)c3ccccc3)nc(N)n2)C1. The van der Waals surface area contributed by atoms with Crippen LogP contribution in [0.4, 0.5) is 11.8 Å². The van der Waals surface area contributed by atoms with Crippen molar-refractivity contribution in [2.24, 2.45) is 0 Å². The summed E-state index contributed by atoms with van der Waals surface area (Å²) in [6, 6.07) is 12.5. The zero-order chi connectivity index (χ0) is 15.5. The van der Waals surface area contributed by atoms with Crippen molar-refractivity contribution in [2.75, 3.05) is 37.9 Å². The summed E-state index contributed by atoms with van der Waals surface area (Å²) >= 11 is 0. The molecular formula is C16H21N5O. The lowest BCUT2D eigenvalue weighted by molar-refractivity contribution is 0.133. The number of nitrogen functional groups attached to an aromatic ring is 1. The Bertz CT molecular complexity index is 628. The van der Waals surface area contributed by atoms with Gasteiger partial charge in [-0.25, -0.2) is 4.98 Å². The molecule has 0 unspecified atom stereocenters. The molecule has 3 N–H and O–H groups in total. The van der Waals surface area contributed by atoms with Gasteiger partial charge in [-0.1, -0.05) is 30.3 Å². The molecule has 6 heteroatoms. The molecule has 22 heavy (non-hydrogen) atoms. The highest BCUT2D eigenvalue weighted by atomic mass is 16.5. The molecule has 1 saturated heterocycles. The zero-order valence-electron chi connectivity index (χ0n) is 12.9. The van der Waals surface area contributed by atoms with Crippen molar-refractivity contribution in [3.63, 3.8) is 0 Å². The number of aromatic nitrogens is 2. The molecule has 2 heterocycles. The quantitative estimate of drug-likeness (QED) is 0.864. The molecule has 1 aromatic heterocycles. The van der Waals surface area contributed by atoms with Gasteiger partial charge in [0.05, 0.1) is 5.69 Å². The van der Waals surface area contributed by atoms with Gasteiger partial charge >= 0.3 is 0 Å². The summed E-state index contributed by atoms with van der Waals surface area (Å²) in [6.07, 6.45) is -0.244. The van der Waals surface area contributed by atoms with Crippen LogP contribution in [0.3, 0.4) is 0 Å². The highest BCUT2D eigenvalue weighted by Crippen LogP contribution is 2.28. The van der Waals surface area contributed by atoms with E-state index in [1.165, 1.54) is 0 Å². The molecule has 1 aliphatic heterocycles. The molecule has 2 aromatic rings. The summed E-state index contributed by atoms with van der Waals surface area (Å²) in [5.74, 6) is 1.13. The first-order chi connectivity index (χ1) is 10.7. The van der Waals surface area contributed by atoms with Crippen LogP contribution in [0.15, 0.2) is 36.4 Å². The minimum absolute atomic E-state index is 0.244. The van der Waals surface area contributed by atoms with E-state index in [4.69, 9.17) is 10.5 Å². The van der Waals surface area contributed by atoms with Crippen LogP contribution in [-0.4, -0.2) is 43.3 Å². The Morgan fingerprint density at radius 1 is 1.27 bits per heavy atom. The number of hydrogen-bond acceptors (Lipinski definition) is 6. The van der Waals surface area contributed by atoms with Gasteiger partial charge in [-0.3, -0.25) is 0 Å². The van der Waals surface area contributed by atoms with Gasteiger partial charge in [-0.15, -0.1) is 0 Å². The van der Waals surface area contributed by atoms with E-state index in [1.807, 2.05) is 43.4 Å². The fourth-order valence-electron chi connectivity index (χ4n) is 2.67. The van der Waals surface area contributed by atoms with E-state index in [0.717, 1.165) is 30.2 Å². The molecule has 6 nitrogen and oxygen atoms in total. The molecule has 1 atom stereocenters. The normalized spacial score (nSPS) is 16.4.